The second kappa shape index (κ2) is 10.3. The summed E-state index contributed by atoms with van der Waals surface area (Å²) in [5, 5.41) is 3.74. The average Bonchev–Trinajstić information content (AvgIpc) is 2.83. The van der Waals surface area contributed by atoms with Crippen molar-refractivity contribution in [1.29, 1.82) is 0 Å². The van der Waals surface area contributed by atoms with E-state index in [2.05, 4.69) is 17.1 Å². The minimum absolute atomic E-state index is 0.336. The Hall–Kier alpha value is -3.25. The standard InChI is InChI=1S/C28H33N3O3/c1-5-15-31-16-14-24-22(17-31)25(21-12-7-8-13-23(21)29-24)28(33)34-19(4)27(32)30-26-18(3)10-9-11-20(26)6-2/h7-13,19H,5-6,14-17H2,1-4H3,(H,30,32). The fourth-order valence-electron chi connectivity index (χ4n) is 4.69. The molecule has 0 spiro atoms. The van der Waals surface area contributed by atoms with E-state index in [1.807, 2.05) is 56.3 Å². The van der Waals surface area contributed by atoms with Gasteiger partial charge in [-0.1, -0.05) is 50.2 Å². The maximum atomic E-state index is 13.5. The second-order valence-corrected chi connectivity index (χ2v) is 8.95. The predicted molar refractivity (Wildman–Crippen MR) is 135 cm³/mol. The summed E-state index contributed by atoms with van der Waals surface area (Å²) in [7, 11) is 0. The Labute approximate surface area is 201 Å². The number of hydrogen-bond acceptors (Lipinski definition) is 5. The molecule has 1 atom stereocenters. The van der Waals surface area contributed by atoms with Gasteiger partial charge < -0.3 is 10.1 Å². The second-order valence-electron chi connectivity index (χ2n) is 8.95. The number of pyridine rings is 1. The lowest BCUT2D eigenvalue weighted by Crippen LogP contribution is -2.34. The van der Waals surface area contributed by atoms with Crippen molar-refractivity contribution in [2.24, 2.45) is 0 Å². The van der Waals surface area contributed by atoms with Crippen LogP contribution in [0, 0.1) is 6.92 Å². The summed E-state index contributed by atoms with van der Waals surface area (Å²) in [6, 6.07) is 13.6. The monoisotopic (exact) mass is 459 g/mol. The largest absolute Gasteiger partial charge is 0.449 e. The van der Waals surface area contributed by atoms with Gasteiger partial charge in [-0.05, 0) is 50.4 Å². The maximum absolute atomic E-state index is 13.5. The Morgan fingerprint density at radius 1 is 1.15 bits per heavy atom. The summed E-state index contributed by atoms with van der Waals surface area (Å²) >= 11 is 0. The summed E-state index contributed by atoms with van der Waals surface area (Å²) in [5.74, 6) is -0.812. The Morgan fingerprint density at radius 2 is 1.94 bits per heavy atom. The lowest BCUT2D eigenvalue weighted by atomic mass is 9.95. The van der Waals surface area contributed by atoms with Crippen LogP contribution in [-0.2, 0) is 28.9 Å². The van der Waals surface area contributed by atoms with E-state index < -0.39 is 12.1 Å². The van der Waals surface area contributed by atoms with Crippen LogP contribution in [-0.4, -0.2) is 41.0 Å². The molecule has 0 saturated carbocycles. The number of amides is 1. The number of anilines is 1. The number of aryl methyl sites for hydroxylation is 2. The Morgan fingerprint density at radius 3 is 2.71 bits per heavy atom. The molecule has 1 aliphatic heterocycles. The molecule has 1 unspecified atom stereocenters. The van der Waals surface area contributed by atoms with Crippen LogP contribution >= 0.6 is 0 Å². The number of benzene rings is 2. The molecule has 2 aromatic carbocycles. The summed E-state index contributed by atoms with van der Waals surface area (Å²) in [4.78, 5) is 33.7. The zero-order valence-corrected chi connectivity index (χ0v) is 20.5. The van der Waals surface area contributed by atoms with E-state index in [1.54, 1.807) is 6.92 Å². The van der Waals surface area contributed by atoms with Crippen LogP contribution in [0.2, 0.25) is 0 Å². The van der Waals surface area contributed by atoms with E-state index in [4.69, 9.17) is 9.72 Å². The van der Waals surface area contributed by atoms with Crippen molar-refractivity contribution >= 4 is 28.5 Å². The SMILES string of the molecule is CCCN1CCc2nc3ccccc3c(C(=O)OC(C)C(=O)Nc3c(C)cccc3CC)c2C1. The van der Waals surface area contributed by atoms with Gasteiger partial charge in [0.1, 0.15) is 0 Å². The predicted octanol–water partition coefficient (Wildman–Crippen LogP) is 5.06. The molecular weight excluding hydrogens is 426 g/mol. The van der Waals surface area contributed by atoms with Crippen LogP contribution in [0.1, 0.15) is 59.9 Å². The lowest BCUT2D eigenvalue weighted by molar-refractivity contribution is -0.123. The number of carbonyl (C=O) groups is 2. The van der Waals surface area contributed by atoms with Crippen molar-refractivity contribution < 1.29 is 14.3 Å². The molecular formula is C28H33N3O3. The third kappa shape index (κ3) is 4.82. The van der Waals surface area contributed by atoms with Gasteiger partial charge >= 0.3 is 5.97 Å². The number of ether oxygens (including phenoxy) is 1. The molecule has 2 heterocycles. The van der Waals surface area contributed by atoms with Crippen LogP contribution in [0.25, 0.3) is 10.9 Å². The van der Waals surface area contributed by atoms with Crippen LogP contribution < -0.4 is 5.32 Å². The molecule has 0 aliphatic carbocycles. The number of rotatable bonds is 7. The van der Waals surface area contributed by atoms with Crippen LogP contribution in [0.15, 0.2) is 42.5 Å². The minimum atomic E-state index is -0.935. The number of esters is 1. The van der Waals surface area contributed by atoms with Gasteiger partial charge in [-0.15, -0.1) is 0 Å². The third-order valence-corrected chi connectivity index (χ3v) is 6.51. The molecule has 1 amide bonds. The first-order valence-electron chi connectivity index (χ1n) is 12.2. The molecule has 6 nitrogen and oxygen atoms in total. The van der Waals surface area contributed by atoms with E-state index in [1.165, 1.54) is 0 Å². The highest BCUT2D eigenvalue weighted by atomic mass is 16.5. The normalized spacial score (nSPS) is 14.5. The summed E-state index contributed by atoms with van der Waals surface area (Å²) in [5.41, 5.74) is 6.01. The van der Waals surface area contributed by atoms with Gasteiger partial charge in [-0.25, -0.2) is 4.79 Å². The highest BCUT2D eigenvalue weighted by Gasteiger charge is 2.28. The third-order valence-electron chi connectivity index (χ3n) is 6.51. The number of nitrogens with zero attached hydrogens (tertiary/aromatic N) is 2. The molecule has 3 aromatic rings. The van der Waals surface area contributed by atoms with Crippen molar-refractivity contribution in [3.05, 3.63) is 70.4 Å². The van der Waals surface area contributed by atoms with E-state index >= 15 is 0 Å². The number of aromatic nitrogens is 1. The fraction of sp³-hybridized carbons (Fsp3) is 0.393. The lowest BCUT2D eigenvalue weighted by Gasteiger charge is -2.29. The maximum Gasteiger partial charge on any atom is 0.339 e. The zero-order chi connectivity index (χ0) is 24.2. The number of carbonyl (C=O) groups excluding carboxylic acids is 2. The number of nitrogens with one attached hydrogen (secondary N) is 1. The van der Waals surface area contributed by atoms with Crippen molar-refractivity contribution in [3.8, 4) is 0 Å². The molecule has 1 aliphatic rings. The topological polar surface area (TPSA) is 71.5 Å². The Kier molecular flexibility index (Phi) is 7.27. The van der Waals surface area contributed by atoms with Crippen LogP contribution in [0.3, 0.4) is 0 Å². The molecule has 34 heavy (non-hydrogen) atoms. The molecule has 0 bridgehead atoms. The van der Waals surface area contributed by atoms with E-state index in [9.17, 15) is 9.59 Å². The van der Waals surface area contributed by atoms with E-state index in [0.29, 0.717) is 12.1 Å². The first kappa shape index (κ1) is 23.9. The van der Waals surface area contributed by atoms with Gasteiger partial charge in [-0.3, -0.25) is 14.7 Å². The molecule has 6 heteroatoms. The number of para-hydroxylation sites is 2. The van der Waals surface area contributed by atoms with Gasteiger partial charge in [0.05, 0.1) is 11.1 Å². The molecule has 0 radical (unpaired) electrons. The first-order chi connectivity index (χ1) is 16.4. The van der Waals surface area contributed by atoms with Crippen LogP contribution in [0.4, 0.5) is 5.69 Å². The van der Waals surface area contributed by atoms with Crippen molar-refractivity contribution in [2.45, 2.75) is 59.6 Å². The minimum Gasteiger partial charge on any atom is -0.449 e. The smallest absolute Gasteiger partial charge is 0.339 e. The summed E-state index contributed by atoms with van der Waals surface area (Å²) in [6.45, 7) is 10.3. The van der Waals surface area contributed by atoms with Gasteiger partial charge in [0.15, 0.2) is 6.10 Å². The Balaban J connectivity index is 1.62. The highest BCUT2D eigenvalue weighted by Crippen LogP contribution is 2.29. The zero-order valence-electron chi connectivity index (χ0n) is 20.5. The van der Waals surface area contributed by atoms with Gasteiger partial charge in [-0.2, -0.15) is 0 Å². The molecule has 4 rings (SSSR count). The number of fused-ring (bicyclic) bond motifs is 2. The molecule has 1 aromatic heterocycles. The van der Waals surface area contributed by atoms with E-state index in [-0.39, 0.29) is 5.91 Å². The van der Waals surface area contributed by atoms with Gasteiger partial charge in [0.2, 0.25) is 0 Å². The average molecular weight is 460 g/mol. The Bertz CT molecular complexity index is 1220. The molecule has 1 N–H and O–H groups in total. The molecule has 0 fully saturated rings. The highest BCUT2D eigenvalue weighted by molar-refractivity contribution is 6.06. The van der Waals surface area contributed by atoms with Gasteiger partial charge in [0, 0.05) is 41.8 Å². The van der Waals surface area contributed by atoms with Crippen LogP contribution in [0.5, 0.6) is 0 Å². The molecule has 0 saturated heterocycles. The first-order valence-corrected chi connectivity index (χ1v) is 12.2. The van der Waals surface area contributed by atoms with Crippen molar-refractivity contribution in [1.82, 2.24) is 9.88 Å². The number of hydrogen-bond donors (Lipinski definition) is 1. The van der Waals surface area contributed by atoms with E-state index in [0.717, 1.165) is 71.3 Å². The van der Waals surface area contributed by atoms with Gasteiger partial charge in [0.25, 0.3) is 5.91 Å². The molecule has 178 valence electrons. The summed E-state index contributed by atoms with van der Waals surface area (Å²) < 4.78 is 5.76. The summed E-state index contributed by atoms with van der Waals surface area (Å²) in [6.07, 6.45) is 1.71. The fourth-order valence-corrected chi connectivity index (χ4v) is 4.69. The van der Waals surface area contributed by atoms with Crippen molar-refractivity contribution in [2.75, 3.05) is 18.4 Å². The van der Waals surface area contributed by atoms with Crippen molar-refractivity contribution in [3.63, 3.8) is 0 Å². The quantitative estimate of drug-likeness (QED) is 0.500.